The van der Waals surface area contributed by atoms with Gasteiger partial charge in [-0.25, -0.2) is 4.90 Å². The Morgan fingerprint density at radius 1 is 1.05 bits per heavy atom. The first-order valence-electron chi connectivity index (χ1n) is 5.92. The zero-order chi connectivity index (χ0) is 15.1. The van der Waals surface area contributed by atoms with E-state index in [0.29, 0.717) is 0 Å². The van der Waals surface area contributed by atoms with Gasteiger partial charge in [-0.3, -0.25) is 19.7 Å². The maximum Gasteiger partial charge on any atom is 0.271 e. The van der Waals surface area contributed by atoms with Crippen LogP contribution < -0.4 is 4.90 Å². The number of halogens is 1. The van der Waals surface area contributed by atoms with Gasteiger partial charge in [0.15, 0.2) is 0 Å². The highest BCUT2D eigenvalue weighted by atomic mass is 35.5. The lowest BCUT2D eigenvalue weighted by molar-refractivity contribution is -0.384. The Morgan fingerprint density at radius 3 is 2.43 bits per heavy atom. The molecule has 0 N–H and O–H groups in total. The zero-order valence-electron chi connectivity index (χ0n) is 10.4. The van der Waals surface area contributed by atoms with Crippen molar-refractivity contribution in [3.8, 4) is 0 Å². The Bertz CT molecular complexity index is 803. The molecule has 0 saturated carbocycles. The molecule has 0 aliphatic carbocycles. The summed E-state index contributed by atoms with van der Waals surface area (Å²) in [6, 6.07) is 9.93. The fraction of sp³-hybridized carbons (Fsp3) is 0. The lowest BCUT2D eigenvalue weighted by atomic mass is 10.1. The van der Waals surface area contributed by atoms with E-state index >= 15 is 0 Å². The van der Waals surface area contributed by atoms with Crippen LogP contribution in [-0.2, 0) is 0 Å². The number of non-ortho nitro benzene ring substituents is 1. The Morgan fingerprint density at radius 2 is 1.76 bits per heavy atom. The average Bonchev–Trinajstić information content (AvgIpc) is 2.72. The first-order valence-corrected chi connectivity index (χ1v) is 6.30. The third-order valence-electron chi connectivity index (χ3n) is 3.16. The van der Waals surface area contributed by atoms with Crippen LogP contribution in [0.5, 0.6) is 0 Å². The second kappa shape index (κ2) is 4.68. The molecule has 2 aromatic rings. The smallest absolute Gasteiger partial charge is 0.268 e. The van der Waals surface area contributed by atoms with Crippen LogP contribution in [0.4, 0.5) is 11.4 Å². The van der Waals surface area contributed by atoms with E-state index in [0.717, 1.165) is 4.90 Å². The van der Waals surface area contributed by atoms with E-state index in [2.05, 4.69) is 0 Å². The number of carbonyl (C=O) groups is 2. The van der Waals surface area contributed by atoms with Crippen LogP contribution >= 0.6 is 11.6 Å². The summed E-state index contributed by atoms with van der Waals surface area (Å²) in [7, 11) is 0. The van der Waals surface area contributed by atoms with E-state index in [1.807, 2.05) is 0 Å². The molecule has 7 heteroatoms. The molecule has 21 heavy (non-hydrogen) atoms. The highest BCUT2D eigenvalue weighted by molar-refractivity contribution is 6.42. The minimum Gasteiger partial charge on any atom is -0.268 e. The van der Waals surface area contributed by atoms with Crippen molar-refractivity contribution in [3.05, 3.63) is 68.7 Å². The first kappa shape index (κ1) is 13.3. The fourth-order valence-corrected chi connectivity index (χ4v) is 2.48. The molecule has 3 rings (SSSR count). The van der Waals surface area contributed by atoms with E-state index in [1.54, 1.807) is 6.07 Å². The summed E-state index contributed by atoms with van der Waals surface area (Å²) >= 11 is 5.96. The lowest BCUT2D eigenvalue weighted by Crippen LogP contribution is -2.29. The number of imide groups is 1. The standard InChI is InChI=1S/C14H7ClN2O4/c15-11-6-2-5-10-12(11)14(19)16(13(10)18)8-3-1-4-9(7-8)17(20)21/h1-7H. The minimum absolute atomic E-state index is 0.121. The van der Waals surface area contributed by atoms with Gasteiger partial charge >= 0.3 is 0 Å². The molecule has 0 spiro atoms. The number of benzene rings is 2. The first-order chi connectivity index (χ1) is 10.0. The molecule has 0 fully saturated rings. The summed E-state index contributed by atoms with van der Waals surface area (Å²) in [5, 5.41) is 11.0. The second-order valence-corrected chi connectivity index (χ2v) is 4.79. The summed E-state index contributed by atoms with van der Waals surface area (Å²) in [4.78, 5) is 35.8. The molecule has 0 unspecified atom stereocenters. The average molecular weight is 303 g/mol. The third kappa shape index (κ3) is 1.96. The van der Waals surface area contributed by atoms with Crippen molar-refractivity contribution in [3.63, 3.8) is 0 Å². The van der Waals surface area contributed by atoms with Crippen LogP contribution in [0.3, 0.4) is 0 Å². The fourth-order valence-electron chi connectivity index (χ4n) is 2.22. The van der Waals surface area contributed by atoms with E-state index in [1.165, 1.54) is 36.4 Å². The highest BCUT2D eigenvalue weighted by Crippen LogP contribution is 2.33. The van der Waals surface area contributed by atoms with Gasteiger partial charge in [-0.05, 0) is 18.2 Å². The second-order valence-electron chi connectivity index (χ2n) is 4.39. The van der Waals surface area contributed by atoms with Gasteiger partial charge in [-0.15, -0.1) is 0 Å². The van der Waals surface area contributed by atoms with Gasteiger partial charge in [0.05, 0.1) is 26.8 Å². The van der Waals surface area contributed by atoms with Gasteiger partial charge in [0.25, 0.3) is 17.5 Å². The Hall–Kier alpha value is -2.73. The van der Waals surface area contributed by atoms with Gasteiger partial charge < -0.3 is 0 Å². The molecule has 104 valence electrons. The van der Waals surface area contributed by atoms with E-state index in [9.17, 15) is 19.7 Å². The van der Waals surface area contributed by atoms with Crippen molar-refractivity contribution in [1.29, 1.82) is 0 Å². The summed E-state index contributed by atoms with van der Waals surface area (Å²) in [5.74, 6) is -1.13. The van der Waals surface area contributed by atoms with E-state index in [4.69, 9.17) is 11.6 Å². The van der Waals surface area contributed by atoms with Crippen LogP contribution in [0, 0.1) is 10.1 Å². The van der Waals surface area contributed by atoms with Crippen molar-refractivity contribution in [2.24, 2.45) is 0 Å². The van der Waals surface area contributed by atoms with E-state index in [-0.39, 0.29) is 27.5 Å². The number of fused-ring (bicyclic) bond motifs is 1. The molecule has 0 aromatic heterocycles. The number of amides is 2. The molecule has 1 aliphatic rings. The van der Waals surface area contributed by atoms with Gasteiger partial charge in [0.1, 0.15) is 0 Å². The zero-order valence-corrected chi connectivity index (χ0v) is 11.2. The molecular formula is C14H7ClN2O4. The highest BCUT2D eigenvalue weighted by Gasteiger charge is 2.38. The topological polar surface area (TPSA) is 80.5 Å². The molecule has 1 heterocycles. The van der Waals surface area contributed by atoms with Crippen molar-refractivity contribution >= 4 is 34.8 Å². The maximum atomic E-state index is 12.4. The molecule has 1 aliphatic heterocycles. The van der Waals surface area contributed by atoms with Gasteiger partial charge in [0, 0.05) is 12.1 Å². The Kier molecular flexibility index (Phi) is 2.95. The van der Waals surface area contributed by atoms with Gasteiger partial charge in [-0.1, -0.05) is 23.7 Å². The van der Waals surface area contributed by atoms with Crippen LogP contribution in [0.15, 0.2) is 42.5 Å². The maximum absolute atomic E-state index is 12.4. The summed E-state index contributed by atoms with van der Waals surface area (Å²) < 4.78 is 0. The van der Waals surface area contributed by atoms with Gasteiger partial charge in [-0.2, -0.15) is 0 Å². The molecule has 2 aromatic carbocycles. The number of anilines is 1. The quantitative estimate of drug-likeness (QED) is 0.485. The molecule has 6 nitrogen and oxygen atoms in total. The molecule has 2 amide bonds. The molecule has 0 atom stereocenters. The summed E-state index contributed by atoms with van der Waals surface area (Å²) in [6.07, 6.45) is 0. The van der Waals surface area contributed by atoms with Crippen molar-refractivity contribution in [1.82, 2.24) is 0 Å². The largest absolute Gasteiger partial charge is 0.271 e. The minimum atomic E-state index is -0.589. The number of hydrogen-bond donors (Lipinski definition) is 0. The Balaban J connectivity index is 2.12. The van der Waals surface area contributed by atoms with Crippen LogP contribution in [0.1, 0.15) is 20.7 Å². The molecular weight excluding hydrogens is 296 g/mol. The number of nitro groups is 1. The SMILES string of the molecule is O=C1c2cccc(Cl)c2C(=O)N1c1cccc([N+](=O)[O-])c1. The van der Waals surface area contributed by atoms with Crippen molar-refractivity contribution < 1.29 is 14.5 Å². The number of nitrogens with zero attached hydrogens (tertiary/aromatic N) is 2. The monoisotopic (exact) mass is 302 g/mol. The number of carbonyl (C=O) groups excluding carboxylic acids is 2. The van der Waals surface area contributed by atoms with Crippen LogP contribution in [-0.4, -0.2) is 16.7 Å². The molecule has 0 bridgehead atoms. The normalized spacial score (nSPS) is 13.5. The summed E-state index contributed by atoms with van der Waals surface area (Å²) in [5.41, 5.74) is 0.260. The number of hydrogen-bond acceptors (Lipinski definition) is 4. The number of rotatable bonds is 2. The van der Waals surface area contributed by atoms with Crippen LogP contribution in [0.25, 0.3) is 0 Å². The van der Waals surface area contributed by atoms with Crippen LogP contribution in [0.2, 0.25) is 5.02 Å². The van der Waals surface area contributed by atoms with Crippen molar-refractivity contribution in [2.45, 2.75) is 0 Å². The predicted molar refractivity (Wildman–Crippen MR) is 75.7 cm³/mol. The van der Waals surface area contributed by atoms with E-state index < -0.39 is 16.7 Å². The number of nitro benzene ring substituents is 1. The van der Waals surface area contributed by atoms with Crippen molar-refractivity contribution in [2.75, 3.05) is 4.90 Å². The molecule has 0 saturated heterocycles. The third-order valence-corrected chi connectivity index (χ3v) is 3.48. The molecule has 0 radical (unpaired) electrons. The van der Waals surface area contributed by atoms with Gasteiger partial charge in [0.2, 0.25) is 0 Å². The summed E-state index contributed by atoms with van der Waals surface area (Å²) in [6.45, 7) is 0. The predicted octanol–water partition coefficient (Wildman–Crippen LogP) is 3.05. The Labute approximate surface area is 123 Å². The lowest BCUT2D eigenvalue weighted by Gasteiger charge is -2.13.